The van der Waals surface area contributed by atoms with Crippen LogP contribution in [-0.2, 0) is 0 Å². The number of aliphatic hydroxyl groups is 1. The first-order valence-electron chi connectivity index (χ1n) is 8.45. The van der Waals surface area contributed by atoms with Crippen LogP contribution in [0.1, 0.15) is 51.9 Å². The van der Waals surface area contributed by atoms with Crippen molar-refractivity contribution in [3.8, 4) is 0 Å². The Labute approximate surface area is 128 Å². The molecule has 0 saturated carbocycles. The van der Waals surface area contributed by atoms with Gasteiger partial charge in [-0.1, -0.05) is 41.7 Å². The SMILES string of the molecule is [CH2-]C12C=CCC=C1CCC1=C2CCC2(CC)CC(O)C=C12.[Lr]. The molecule has 3 atom stereocenters. The third-order valence-corrected chi connectivity index (χ3v) is 6.41. The van der Waals surface area contributed by atoms with Crippen molar-refractivity contribution < 1.29 is 5.11 Å². The molecule has 0 aromatic carbocycles. The van der Waals surface area contributed by atoms with E-state index in [4.69, 9.17) is 0 Å². The summed E-state index contributed by atoms with van der Waals surface area (Å²) in [6.07, 6.45) is 16.7. The summed E-state index contributed by atoms with van der Waals surface area (Å²) >= 11 is 0. The number of allylic oxidation sites excluding steroid dienone is 7. The van der Waals surface area contributed by atoms with Crippen molar-refractivity contribution in [3.05, 3.63) is 53.5 Å². The molecule has 0 saturated heterocycles. The molecular formula is C20H25LrO-. The first-order chi connectivity index (χ1) is 10.1. The van der Waals surface area contributed by atoms with Crippen molar-refractivity contribution in [2.75, 3.05) is 0 Å². The summed E-state index contributed by atoms with van der Waals surface area (Å²) in [5, 5.41) is 10.2. The predicted molar refractivity (Wildman–Crippen MR) is 86.6 cm³/mol. The Kier molecular flexibility index (Phi) is 3.18. The minimum absolute atomic E-state index is 0. The molecule has 0 fully saturated rings. The van der Waals surface area contributed by atoms with Gasteiger partial charge in [0, 0.05) is 0 Å². The standard InChI is InChI=1S/C20H25O.Lr/c1-3-20-11-9-17-16(18(20)12-15(21)13-20)8-7-14-6-4-5-10-19(14,17)2;/h5-6,10,12,15,21H,2-4,7-9,11,13H2,1H3;/q-1;. The normalized spacial score (nSPS) is 39.3. The fourth-order valence-electron chi connectivity index (χ4n) is 5.21. The largest absolute Gasteiger partial charge is 0.389 e. The summed E-state index contributed by atoms with van der Waals surface area (Å²) in [4.78, 5) is 0. The van der Waals surface area contributed by atoms with Crippen LogP contribution in [0.2, 0.25) is 0 Å². The second-order valence-electron chi connectivity index (χ2n) is 7.28. The molecule has 0 amide bonds. The molecular weight excluding hydrogens is 518 g/mol. The molecule has 127 valence electrons. The van der Waals surface area contributed by atoms with Gasteiger partial charge in [-0.25, -0.2) is 0 Å². The molecule has 0 aliphatic heterocycles. The molecule has 2 heteroatoms. The average Bonchev–Trinajstić information content (AvgIpc) is 2.83. The zero-order valence-corrected chi connectivity index (χ0v) is 15.4. The van der Waals surface area contributed by atoms with Crippen molar-refractivity contribution in [3.63, 3.8) is 0 Å². The molecule has 0 aromatic heterocycles. The zero-order valence-electron chi connectivity index (χ0n) is 13.2. The van der Waals surface area contributed by atoms with Crippen LogP contribution >= 0.6 is 0 Å². The van der Waals surface area contributed by atoms with E-state index in [1.165, 1.54) is 17.6 Å². The molecule has 4 aliphatic carbocycles. The molecule has 4 rings (SSSR count). The Balaban J connectivity index is 0.00000144. The van der Waals surface area contributed by atoms with Gasteiger partial charge < -0.3 is 12.0 Å². The molecule has 1 radical (unpaired) electrons. The first-order valence-corrected chi connectivity index (χ1v) is 8.45. The van der Waals surface area contributed by atoms with E-state index >= 15 is 0 Å². The summed E-state index contributed by atoms with van der Waals surface area (Å²) in [5.74, 6) is 0. The summed E-state index contributed by atoms with van der Waals surface area (Å²) in [5.41, 5.74) is 6.24. The van der Waals surface area contributed by atoms with Gasteiger partial charge in [-0.15, -0.1) is 6.08 Å². The van der Waals surface area contributed by atoms with E-state index < -0.39 is 0 Å². The summed E-state index contributed by atoms with van der Waals surface area (Å²) in [6, 6.07) is 0. The van der Waals surface area contributed by atoms with Gasteiger partial charge >= 0.3 is 0 Å². The smallest absolute Gasteiger partial charge is 0.0735 e. The van der Waals surface area contributed by atoms with Crippen LogP contribution in [0.15, 0.2) is 46.6 Å². The molecule has 0 aromatic rings. The number of fused-ring (bicyclic) bond motifs is 4. The summed E-state index contributed by atoms with van der Waals surface area (Å²) < 4.78 is 0. The Morgan fingerprint density at radius 1 is 1.32 bits per heavy atom. The van der Waals surface area contributed by atoms with Crippen molar-refractivity contribution >= 4 is 0 Å². The predicted octanol–water partition coefficient (Wildman–Crippen LogP) is 4.66. The molecule has 4 aliphatic rings. The zero-order chi connectivity index (χ0) is 14.7. The number of aliphatic hydroxyl groups excluding tert-OH is 1. The second-order valence-corrected chi connectivity index (χ2v) is 7.28. The summed E-state index contributed by atoms with van der Waals surface area (Å²) in [6.45, 7) is 6.90. The third kappa shape index (κ3) is 1.70. The van der Waals surface area contributed by atoms with E-state index in [0.29, 0.717) is 0 Å². The maximum atomic E-state index is 10.2. The van der Waals surface area contributed by atoms with Gasteiger partial charge in [0.15, 0.2) is 0 Å². The van der Waals surface area contributed by atoms with E-state index in [0.717, 1.165) is 38.5 Å². The Morgan fingerprint density at radius 3 is 2.91 bits per heavy atom. The van der Waals surface area contributed by atoms with Crippen molar-refractivity contribution in [2.45, 2.75) is 58.0 Å². The quantitative estimate of drug-likeness (QED) is 0.377. The van der Waals surface area contributed by atoms with Gasteiger partial charge in [-0.2, -0.15) is 0 Å². The van der Waals surface area contributed by atoms with Gasteiger partial charge in [-0.05, 0) is 61.5 Å². The Morgan fingerprint density at radius 2 is 2.14 bits per heavy atom. The Hall–Kier alpha value is -2.08. The van der Waals surface area contributed by atoms with Crippen LogP contribution in [0.4, 0.5) is 0 Å². The molecule has 1 nitrogen and oxygen atoms in total. The number of hydrogen-bond donors (Lipinski definition) is 1. The second kappa shape index (κ2) is 4.71. The van der Waals surface area contributed by atoms with Gasteiger partial charge in [-0.3, -0.25) is 0 Å². The van der Waals surface area contributed by atoms with Gasteiger partial charge in [0.1, 0.15) is 0 Å². The molecule has 3 unspecified atom stereocenters. The molecule has 22 heavy (non-hydrogen) atoms. The van der Waals surface area contributed by atoms with Crippen LogP contribution in [0.25, 0.3) is 0 Å². The van der Waals surface area contributed by atoms with Crippen molar-refractivity contribution in [2.24, 2.45) is 10.8 Å². The van der Waals surface area contributed by atoms with Crippen LogP contribution in [0.5, 0.6) is 0 Å². The van der Waals surface area contributed by atoms with Crippen molar-refractivity contribution in [1.82, 2.24) is 0 Å². The average molecular weight is 543 g/mol. The van der Waals surface area contributed by atoms with Gasteiger partial charge in [0.2, 0.25) is 0 Å². The minimum Gasteiger partial charge on any atom is -0.389 e. The molecule has 0 bridgehead atoms. The molecule has 0 heterocycles. The number of rotatable bonds is 1. The van der Waals surface area contributed by atoms with Gasteiger partial charge in [0.05, 0.1) is 6.10 Å². The summed E-state index contributed by atoms with van der Waals surface area (Å²) in [7, 11) is 0. The van der Waals surface area contributed by atoms with E-state index in [-0.39, 0.29) is 16.9 Å². The van der Waals surface area contributed by atoms with Gasteiger partial charge in [0.25, 0.3) is 0 Å². The first kappa shape index (κ1) is 14.8. The van der Waals surface area contributed by atoms with E-state index in [9.17, 15) is 5.11 Å². The fourth-order valence-corrected chi connectivity index (χ4v) is 5.21. The van der Waals surface area contributed by atoms with Crippen LogP contribution in [-0.4, -0.2) is 11.2 Å². The minimum atomic E-state index is -0.244. The monoisotopic (exact) mass is 543 g/mol. The maximum Gasteiger partial charge on any atom is 0.0735 e. The van der Waals surface area contributed by atoms with E-state index in [1.807, 2.05) is 0 Å². The van der Waals surface area contributed by atoms with E-state index in [1.54, 1.807) is 11.1 Å². The van der Waals surface area contributed by atoms with Crippen LogP contribution in [0.3, 0.4) is 0 Å². The van der Waals surface area contributed by atoms with Crippen molar-refractivity contribution in [1.29, 1.82) is 0 Å². The fraction of sp³-hybridized carbons (Fsp3) is 0.550. The van der Waals surface area contributed by atoms with Crippen LogP contribution in [0, 0.1) is 17.8 Å². The molecule has 0 spiro atoms. The topological polar surface area (TPSA) is 20.2 Å². The van der Waals surface area contributed by atoms with Crippen LogP contribution < -0.4 is 0 Å². The maximum absolute atomic E-state index is 10.2. The molecule has 1 N–H and O–H groups in total. The van der Waals surface area contributed by atoms with E-state index in [2.05, 4.69) is 38.2 Å². The third-order valence-electron chi connectivity index (χ3n) is 6.41. The Bertz CT molecular complexity index is 609. The number of hydrogen-bond acceptors (Lipinski definition) is 1.